The number of rotatable bonds is 5. The maximum Gasteiger partial charge on any atom is 0.323 e. The van der Waals surface area contributed by atoms with Crippen LogP contribution in [0.4, 0.5) is 0 Å². The molecule has 5 heteroatoms. The minimum atomic E-state index is -0.145. The Bertz CT molecular complexity index is 670. The van der Waals surface area contributed by atoms with Crippen molar-refractivity contribution in [1.29, 1.82) is 0 Å². The van der Waals surface area contributed by atoms with Gasteiger partial charge in [0.05, 0.1) is 11.0 Å². The number of imidazole rings is 1. The van der Waals surface area contributed by atoms with Gasteiger partial charge in [0.2, 0.25) is 0 Å². The maximum atomic E-state index is 11.5. The molecule has 21 heavy (non-hydrogen) atoms. The molecular weight excluding hydrogens is 330 g/mol. The molecule has 1 aromatic heterocycles. The zero-order chi connectivity index (χ0) is 14.8. The molecule has 1 heterocycles. The average Bonchev–Trinajstić information content (AvgIpc) is 3.08. The predicted molar refractivity (Wildman–Crippen MR) is 89.6 cm³/mol. The molecule has 1 fully saturated rings. The van der Waals surface area contributed by atoms with Gasteiger partial charge < -0.3 is 15.3 Å². The van der Waals surface area contributed by atoms with Gasteiger partial charge in [-0.3, -0.25) is 0 Å². The molecule has 1 saturated carbocycles. The van der Waals surface area contributed by atoms with Crippen molar-refractivity contribution >= 4 is 27.0 Å². The minimum Gasteiger partial charge on any atom is -0.310 e. The van der Waals surface area contributed by atoms with E-state index in [1.807, 2.05) is 6.07 Å². The molecule has 3 rings (SSSR count). The van der Waals surface area contributed by atoms with Gasteiger partial charge in [-0.15, -0.1) is 0 Å². The fraction of sp³-hybridized carbons (Fsp3) is 0.562. The van der Waals surface area contributed by atoms with E-state index in [2.05, 4.69) is 44.2 Å². The molecule has 1 atom stereocenters. The topological polar surface area (TPSA) is 60.7 Å². The standard InChI is InChI=1S/C16H22BrN3O/c1-2-7-18-15(10-5-3-4-6-10)11-8-13-14(9-12(11)17)20-16(21)19-13/h8-10,15,18H,2-7H2,1H3,(H2,19,20,21). The number of nitrogens with one attached hydrogen (secondary N) is 3. The average molecular weight is 352 g/mol. The van der Waals surface area contributed by atoms with Crippen LogP contribution in [-0.4, -0.2) is 16.5 Å². The Morgan fingerprint density at radius 3 is 2.62 bits per heavy atom. The largest absolute Gasteiger partial charge is 0.323 e. The molecule has 0 bridgehead atoms. The maximum absolute atomic E-state index is 11.5. The molecule has 1 aliphatic carbocycles. The molecule has 1 unspecified atom stereocenters. The highest BCUT2D eigenvalue weighted by atomic mass is 79.9. The third kappa shape index (κ3) is 3.09. The van der Waals surface area contributed by atoms with E-state index in [1.54, 1.807) is 0 Å². The van der Waals surface area contributed by atoms with Gasteiger partial charge in [-0.25, -0.2) is 4.79 Å². The van der Waals surface area contributed by atoms with Crippen molar-refractivity contribution in [2.45, 2.75) is 45.1 Å². The van der Waals surface area contributed by atoms with Gasteiger partial charge in [-0.05, 0) is 49.4 Å². The Labute approximate surface area is 132 Å². The van der Waals surface area contributed by atoms with Crippen LogP contribution in [-0.2, 0) is 0 Å². The van der Waals surface area contributed by atoms with Crippen LogP contribution in [0.25, 0.3) is 11.0 Å². The fourth-order valence-corrected chi connectivity index (χ4v) is 4.02. The van der Waals surface area contributed by atoms with Crippen LogP contribution in [0.2, 0.25) is 0 Å². The zero-order valence-electron chi connectivity index (χ0n) is 12.3. The molecule has 4 nitrogen and oxygen atoms in total. The van der Waals surface area contributed by atoms with Crippen LogP contribution >= 0.6 is 15.9 Å². The number of hydrogen-bond acceptors (Lipinski definition) is 2. The summed E-state index contributed by atoms with van der Waals surface area (Å²) in [6, 6.07) is 4.49. The Kier molecular flexibility index (Phi) is 4.50. The summed E-state index contributed by atoms with van der Waals surface area (Å²) in [5.74, 6) is 0.691. The van der Waals surface area contributed by atoms with Gasteiger partial charge in [0.15, 0.2) is 0 Å². The molecule has 0 spiro atoms. The molecule has 0 radical (unpaired) electrons. The molecule has 1 aliphatic rings. The fourth-order valence-electron chi connectivity index (χ4n) is 3.43. The zero-order valence-corrected chi connectivity index (χ0v) is 13.9. The monoisotopic (exact) mass is 351 g/mol. The van der Waals surface area contributed by atoms with Crippen LogP contribution in [0.15, 0.2) is 21.4 Å². The summed E-state index contributed by atoms with van der Waals surface area (Å²) in [5.41, 5.74) is 2.86. The number of aromatic nitrogens is 2. The van der Waals surface area contributed by atoms with Crippen molar-refractivity contribution in [3.05, 3.63) is 32.7 Å². The van der Waals surface area contributed by atoms with Gasteiger partial charge in [0.1, 0.15) is 0 Å². The number of H-pyrrole nitrogens is 2. The smallest absolute Gasteiger partial charge is 0.310 e. The summed E-state index contributed by atoms with van der Waals surface area (Å²) < 4.78 is 1.07. The first-order valence-electron chi connectivity index (χ1n) is 7.84. The van der Waals surface area contributed by atoms with Crippen molar-refractivity contribution in [3.8, 4) is 0 Å². The Hall–Kier alpha value is -1.07. The van der Waals surface area contributed by atoms with Crippen LogP contribution in [0, 0.1) is 5.92 Å². The molecule has 3 N–H and O–H groups in total. The Morgan fingerprint density at radius 1 is 1.29 bits per heavy atom. The van der Waals surface area contributed by atoms with E-state index in [-0.39, 0.29) is 5.69 Å². The number of aromatic amines is 2. The highest BCUT2D eigenvalue weighted by Crippen LogP contribution is 2.39. The highest BCUT2D eigenvalue weighted by Gasteiger charge is 2.27. The predicted octanol–water partition coefficient (Wildman–Crippen LogP) is 3.85. The number of fused-ring (bicyclic) bond motifs is 1. The molecule has 114 valence electrons. The Morgan fingerprint density at radius 2 is 1.95 bits per heavy atom. The van der Waals surface area contributed by atoms with Crippen LogP contribution in [0.3, 0.4) is 0 Å². The second-order valence-corrected chi connectivity index (χ2v) is 6.83. The lowest BCUT2D eigenvalue weighted by Crippen LogP contribution is -2.28. The van der Waals surface area contributed by atoms with Crippen molar-refractivity contribution in [2.24, 2.45) is 5.92 Å². The molecular formula is C16H22BrN3O. The Balaban J connectivity index is 2.00. The van der Waals surface area contributed by atoms with Crippen molar-refractivity contribution in [3.63, 3.8) is 0 Å². The quantitative estimate of drug-likeness (QED) is 0.766. The SMILES string of the molecule is CCCNC(c1cc2[nH]c(=O)[nH]c2cc1Br)C1CCCC1. The molecule has 0 aliphatic heterocycles. The third-order valence-corrected chi connectivity index (χ3v) is 5.14. The van der Waals surface area contributed by atoms with Crippen LogP contribution in [0.5, 0.6) is 0 Å². The molecule has 2 aromatic rings. The number of halogens is 1. The van der Waals surface area contributed by atoms with Crippen LogP contribution in [0.1, 0.15) is 50.6 Å². The van der Waals surface area contributed by atoms with Gasteiger partial charge in [-0.2, -0.15) is 0 Å². The van der Waals surface area contributed by atoms with E-state index >= 15 is 0 Å². The normalized spacial score (nSPS) is 17.6. The van der Waals surface area contributed by atoms with Crippen molar-refractivity contribution in [2.75, 3.05) is 6.54 Å². The van der Waals surface area contributed by atoms with Gasteiger partial charge in [0, 0.05) is 10.5 Å². The van der Waals surface area contributed by atoms with Gasteiger partial charge in [-0.1, -0.05) is 35.7 Å². The third-order valence-electron chi connectivity index (χ3n) is 4.45. The van der Waals surface area contributed by atoms with E-state index in [4.69, 9.17) is 0 Å². The summed E-state index contributed by atoms with van der Waals surface area (Å²) in [5, 5.41) is 3.71. The van der Waals surface area contributed by atoms with Crippen LogP contribution < -0.4 is 11.0 Å². The second kappa shape index (κ2) is 6.36. The van der Waals surface area contributed by atoms with Gasteiger partial charge >= 0.3 is 5.69 Å². The summed E-state index contributed by atoms with van der Waals surface area (Å²) in [6.45, 7) is 3.22. The first kappa shape index (κ1) is 14.9. The summed E-state index contributed by atoms with van der Waals surface area (Å²) in [7, 11) is 0. The van der Waals surface area contributed by atoms with E-state index < -0.39 is 0 Å². The van der Waals surface area contributed by atoms with Gasteiger partial charge in [0.25, 0.3) is 0 Å². The lowest BCUT2D eigenvalue weighted by Gasteiger charge is -2.26. The van der Waals surface area contributed by atoms with Crippen molar-refractivity contribution in [1.82, 2.24) is 15.3 Å². The van der Waals surface area contributed by atoms with E-state index in [0.29, 0.717) is 12.0 Å². The number of hydrogen-bond donors (Lipinski definition) is 3. The first-order chi connectivity index (χ1) is 10.2. The second-order valence-electron chi connectivity index (χ2n) is 5.97. The first-order valence-corrected chi connectivity index (χ1v) is 8.63. The number of benzene rings is 1. The summed E-state index contributed by atoms with van der Waals surface area (Å²) >= 11 is 3.69. The molecule has 0 amide bonds. The highest BCUT2D eigenvalue weighted by molar-refractivity contribution is 9.10. The lowest BCUT2D eigenvalue weighted by atomic mass is 9.91. The lowest BCUT2D eigenvalue weighted by molar-refractivity contribution is 0.367. The van der Waals surface area contributed by atoms with E-state index in [0.717, 1.165) is 28.5 Å². The molecule has 1 aromatic carbocycles. The molecule has 0 saturated heterocycles. The summed E-state index contributed by atoms with van der Waals surface area (Å²) in [6.07, 6.45) is 6.36. The summed E-state index contributed by atoms with van der Waals surface area (Å²) in [4.78, 5) is 17.2. The minimum absolute atomic E-state index is 0.145. The van der Waals surface area contributed by atoms with Crippen molar-refractivity contribution < 1.29 is 0 Å². The van der Waals surface area contributed by atoms with E-state index in [9.17, 15) is 4.79 Å². The van der Waals surface area contributed by atoms with E-state index in [1.165, 1.54) is 31.2 Å².